The van der Waals surface area contributed by atoms with Crippen LogP contribution in [0.3, 0.4) is 0 Å². The number of H-pyrrole nitrogens is 1. The summed E-state index contributed by atoms with van der Waals surface area (Å²) in [6.45, 7) is 9.74. The van der Waals surface area contributed by atoms with Gasteiger partial charge in [0.1, 0.15) is 0 Å². The lowest BCUT2D eigenvalue weighted by Gasteiger charge is -2.18. The zero-order valence-corrected chi connectivity index (χ0v) is 18.4. The Morgan fingerprint density at radius 1 is 1.07 bits per heavy atom. The van der Waals surface area contributed by atoms with Gasteiger partial charge < -0.3 is 4.98 Å². The first kappa shape index (κ1) is 21.2. The number of nitrogens with one attached hydrogen (secondary N) is 2. The van der Waals surface area contributed by atoms with E-state index >= 15 is 0 Å². The van der Waals surface area contributed by atoms with Crippen molar-refractivity contribution < 1.29 is 9.59 Å². The van der Waals surface area contributed by atoms with Crippen LogP contribution in [0.1, 0.15) is 80.8 Å². The van der Waals surface area contributed by atoms with Crippen LogP contribution in [-0.4, -0.2) is 23.1 Å². The zero-order valence-electron chi connectivity index (χ0n) is 17.6. The lowest BCUT2D eigenvalue weighted by Crippen LogP contribution is -2.28. The van der Waals surface area contributed by atoms with Gasteiger partial charge in [-0.05, 0) is 54.8 Å². The predicted molar refractivity (Wildman–Crippen MR) is 119 cm³/mol. The average molecular weight is 409 g/mol. The van der Waals surface area contributed by atoms with Crippen LogP contribution in [0.4, 0.5) is 0 Å². The monoisotopic (exact) mass is 408 g/mol. The van der Waals surface area contributed by atoms with E-state index in [0.29, 0.717) is 17.2 Å². The highest BCUT2D eigenvalue weighted by molar-refractivity contribution is 7.10. The van der Waals surface area contributed by atoms with Crippen molar-refractivity contribution in [2.75, 3.05) is 6.54 Å². The molecule has 0 spiro atoms. The zero-order chi connectivity index (χ0) is 21.1. The normalized spacial score (nSPS) is 12.3. The second kappa shape index (κ2) is 8.89. The van der Waals surface area contributed by atoms with E-state index in [1.807, 2.05) is 25.3 Å². The first-order valence-corrected chi connectivity index (χ1v) is 10.8. The molecule has 0 fully saturated rings. The fraction of sp³-hybridized carbons (Fsp3) is 0.333. The van der Waals surface area contributed by atoms with Crippen LogP contribution in [0.5, 0.6) is 0 Å². The van der Waals surface area contributed by atoms with E-state index in [1.54, 1.807) is 11.3 Å². The minimum Gasteiger partial charge on any atom is -0.355 e. The molecule has 0 amide bonds. The smallest absolute Gasteiger partial charge is 0.193 e. The van der Waals surface area contributed by atoms with Crippen molar-refractivity contribution in [1.29, 1.82) is 0 Å². The second-order valence-corrected chi connectivity index (χ2v) is 8.73. The number of hydrogen-bond acceptors (Lipinski definition) is 4. The van der Waals surface area contributed by atoms with Gasteiger partial charge >= 0.3 is 0 Å². The molecular weight excluding hydrogens is 380 g/mol. The summed E-state index contributed by atoms with van der Waals surface area (Å²) in [7, 11) is 0. The Morgan fingerprint density at radius 3 is 2.24 bits per heavy atom. The van der Waals surface area contributed by atoms with Gasteiger partial charge in [0.05, 0.1) is 18.3 Å². The SMILES string of the molecule is CC(=O)c1c(C)[nH]c(C(=O)CN[C@@H](c2ccc(C(C)C)cc2)c2cccs2)c1C. The molecule has 2 heterocycles. The maximum Gasteiger partial charge on any atom is 0.193 e. The number of Topliss-reactive ketones (excluding diaryl/α,β-unsaturated/α-hetero) is 2. The third-order valence-electron chi connectivity index (χ3n) is 5.30. The van der Waals surface area contributed by atoms with E-state index in [0.717, 1.165) is 16.8 Å². The Balaban J connectivity index is 1.82. The number of rotatable bonds is 8. The first-order chi connectivity index (χ1) is 13.8. The van der Waals surface area contributed by atoms with E-state index in [2.05, 4.69) is 54.5 Å². The van der Waals surface area contributed by atoms with Gasteiger partial charge in [0.2, 0.25) is 0 Å². The minimum absolute atomic E-state index is 0.0232. The fourth-order valence-electron chi connectivity index (χ4n) is 3.75. The Kier molecular flexibility index (Phi) is 6.50. The van der Waals surface area contributed by atoms with Crippen LogP contribution in [0.2, 0.25) is 0 Å². The Hall–Kier alpha value is -2.50. The molecule has 0 aliphatic rings. The highest BCUT2D eigenvalue weighted by Crippen LogP contribution is 2.28. The molecule has 0 aliphatic heterocycles. The minimum atomic E-state index is -0.0520. The summed E-state index contributed by atoms with van der Waals surface area (Å²) in [6, 6.07) is 12.6. The second-order valence-electron chi connectivity index (χ2n) is 7.76. The summed E-state index contributed by atoms with van der Waals surface area (Å²) in [5, 5.41) is 5.47. The van der Waals surface area contributed by atoms with Crippen LogP contribution >= 0.6 is 11.3 Å². The van der Waals surface area contributed by atoms with Gasteiger partial charge in [-0.1, -0.05) is 44.2 Å². The number of benzene rings is 1. The van der Waals surface area contributed by atoms with E-state index in [1.165, 1.54) is 17.4 Å². The molecule has 5 heteroatoms. The fourth-order valence-corrected chi connectivity index (χ4v) is 4.58. The number of carbonyl (C=O) groups is 2. The van der Waals surface area contributed by atoms with Crippen molar-refractivity contribution in [3.05, 3.63) is 80.3 Å². The molecule has 152 valence electrons. The summed E-state index contributed by atoms with van der Waals surface area (Å²) in [6.07, 6.45) is 0. The van der Waals surface area contributed by atoms with Gasteiger partial charge in [0.15, 0.2) is 11.6 Å². The molecule has 0 saturated carbocycles. The summed E-state index contributed by atoms with van der Waals surface area (Å²) in [4.78, 5) is 29.0. The van der Waals surface area contributed by atoms with Crippen molar-refractivity contribution in [2.24, 2.45) is 0 Å². The number of hydrogen-bond donors (Lipinski definition) is 2. The van der Waals surface area contributed by atoms with E-state index < -0.39 is 0 Å². The average Bonchev–Trinajstić information content (AvgIpc) is 3.30. The third kappa shape index (κ3) is 4.57. The van der Waals surface area contributed by atoms with Crippen molar-refractivity contribution in [3.63, 3.8) is 0 Å². The van der Waals surface area contributed by atoms with Gasteiger partial charge in [0, 0.05) is 16.1 Å². The summed E-state index contributed by atoms with van der Waals surface area (Å²) in [5.74, 6) is 0.414. The van der Waals surface area contributed by atoms with E-state index in [9.17, 15) is 9.59 Å². The van der Waals surface area contributed by atoms with Crippen LogP contribution in [0, 0.1) is 13.8 Å². The molecule has 3 rings (SSSR count). The number of ketones is 2. The number of thiophene rings is 1. The molecule has 1 aromatic carbocycles. The van der Waals surface area contributed by atoms with Gasteiger partial charge in [-0.2, -0.15) is 0 Å². The molecule has 0 aliphatic carbocycles. The topological polar surface area (TPSA) is 62.0 Å². The van der Waals surface area contributed by atoms with Crippen LogP contribution < -0.4 is 5.32 Å². The molecule has 0 radical (unpaired) electrons. The van der Waals surface area contributed by atoms with Gasteiger partial charge in [0.25, 0.3) is 0 Å². The Bertz CT molecular complexity index is 998. The van der Waals surface area contributed by atoms with Crippen molar-refractivity contribution >= 4 is 22.9 Å². The maximum absolute atomic E-state index is 12.9. The number of aromatic amines is 1. The molecule has 0 unspecified atom stereocenters. The van der Waals surface area contributed by atoms with Crippen LogP contribution in [0.25, 0.3) is 0 Å². The third-order valence-corrected chi connectivity index (χ3v) is 6.24. The largest absolute Gasteiger partial charge is 0.355 e. The molecule has 0 saturated heterocycles. The molecular formula is C24H28N2O2S. The highest BCUT2D eigenvalue weighted by atomic mass is 32.1. The quantitative estimate of drug-likeness (QED) is 0.478. The molecule has 3 aromatic rings. The Morgan fingerprint density at radius 2 is 1.72 bits per heavy atom. The van der Waals surface area contributed by atoms with Gasteiger partial charge in [-0.25, -0.2) is 0 Å². The molecule has 1 atom stereocenters. The van der Waals surface area contributed by atoms with Crippen molar-refractivity contribution in [3.8, 4) is 0 Å². The predicted octanol–water partition coefficient (Wildman–Crippen LogP) is 5.58. The first-order valence-electron chi connectivity index (χ1n) is 9.89. The molecule has 2 aromatic heterocycles. The molecule has 4 nitrogen and oxygen atoms in total. The number of carbonyl (C=O) groups excluding carboxylic acids is 2. The molecule has 0 bridgehead atoms. The van der Waals surface area contributed by atoms with E-state index in [-0.39, 0.29) is 24.2 Å². The van der Waals surface area contributed by atoms with Gasteiger partial charge in [-0.15, -0.1) is 11.3 Å². The standard InChI is InChI=1S/C24H28N2O2S/c1-14(2)18-8-10-19(11-9-18)24(21-7-6-12-29-21)25-13-20(28)23-15(3)22(17(5)27)16(4)26-23/h6-12,14,24-26H,13H2,1-5H3/t24-/m0/s1. The van der Waals surface area contributed by atoms with Gasteiger partial charge in [-0.3, -0.25) is 14.9 Å². The highest BCUT2D eigenvalue weighted by Gasteiger charge is 2.22. The maximum atomic E-state index is 12.9. The van der Waals surface area contributed by atoms with Crippen molar-refractivity contribution in [2.45, 2.75) is 46.6 Å². The number of aryl methyl sites for hydroxylation is 1. The summed E-state index contributed by atoms with van der Waals surface area (Å²) < 4.78 is 0. The van der Waals surface area contributed by atoms with E-state index in [4.69, 9.17) is 0 Å². The number of aromatic nitrogens is 1. The van der Waals surface area contributed by atoms with Crippen molar-refractivity contribution in [1.82, 2.24) is 10.3 Å². The molecule has 2 N–H and O–H groups in total. The Labute approximate surface area is 176 Å². The molecule has 29 heavy (non-hydrogen) atoms. The summed E-state index contributed by atoms with van der Waals surface area (Å²) >= 11 is 1.67. The van der Waals surface area contributed by atoms with Crippen LogP contribution in [0.15, 0.2) is 41.8 Å². The lowest BCUT2D eigenvalue weighted by molar-refractivity contribution is 0.0983. The lowest BCUT2D eigenvalue weighted by atomic mass is 9.98. The van der Waals surface area contributed by atoms with Crippen LogP contribution in [-0.2, 0) is 0 Å². The summed E-state index contributed by atoms with van der Waals surface area (Å²) in [5.41, 5.74) is 5.04.